The van der Waals surface area contributed by atoms with E-state index in [1.807, 2.05) is 38.1 Å². The Bertz CT molecular complexity index is 606. The highest BCUT2D eigenvalue weighted by molar-refractivity contribution is 14.1. The van der Waals surface area contributed by atoms with Crippen LogP contribution in [0.2, 0.25) is 0 Å². The third-order valence-electron chi connectivity index (χ3n) is 5.38. The van der Waals surface area contributed by atoms with Gasteiger partial charge in [0.2, 0.25) is 0 Å². The Hall–Kier alpha value is -0.470. The van der Waals surface area contributed by atoms with Crippen molar-refractivity contribution < 1.29 is 18.9 Å². The summed E-state index contributed by atoms with van der Waals surface area (Å²) in [6.07, 6.45) is 3.65. The maximum absolute atomic E-state index is 6.49. The molecule has 0 radical (unpaired) electrons. The average molecular weight is 486 g/mol. The highest BCUT2D eigenvalue weighted by atomic mass is 127. The van der Waals surface area contributed by atoms with Crippen LogP contribution in [0.3, 0.4) is 0 Å². The molecule has 0 unspecified atom stereocenters. The van der Waals surface area contributed by atoms with Gasteiger partial charge in [0.05, 0.1) is 18.8 Å². The molecule has 2 saturated heterocycles. The summed E-state index contributed by atoms with van der Waals surface area (Å²) in [6.45, 7) is 11.4. The van der Waals surface area contributed by atoms with Crippen LogP contribution in [0.1, 0.15) is 39.2 Å². The third-order valence-corrected chi connectivity index (χ3v) is 7.03. The lowest BCUT2D eigenvalue weighted by molar-refractivity contribution is -0.177. The van der Waals surface area contributed by atoms with Crippen molar-refractivity contribution in [2.75, 3.05) is 6.61 Å². The Balaban J connectivity index is 1.54. The van der Waals surface area contributed by atoms with E-state index in [-0.39, 0.29) is 24.4 Å². The van der Waals surface area contributed by atoms with Gasteiger partial charge in [-0.15, -0.1) is 6.58 Å². The average Bonchev–Trinajstić information content (AvgIpc) is 2.97. The monoisotopic (exact) mass is 486 g/mol. The van der Waals surface area contributed by atoms with Gasteiger partial charge in [-0.1, -0.05) is 65.9 Å². The lowest BCUT2D eigenvalue weighted by Crippen LogP contribution is -2.48. The molecule has 2 heterocycles. The molecule has 0 bridgehead atoms. The van der Waals surface area contributed by atoms with Gasteiger partial charge < -0.3 is 18.9 Å². The summed E-state index contributed by atoms with van der Waals surface area (Å²) in [5.41, 5.74) is 1.20. The first kappa shape index (κ1) is 21.2. The van der Waals surface area contributed by atoms with E-state index >= 15 is 0 Å². The van der Waals surface area contributed by atoms with Crippen molar-refractivity contribution in [3.05, 3.63) is 48.6 Å². The molecular formula is C22H31IO4. The Morgan fingerprint density at radius 1 is 1.26 bits per heavy atom. The molecule has 1 aromatic carbocycles. The van der Waals surface area contributed by atoms with Gasteiger partial charge in [-0.2, -0.15) is 0 Å². The summed E-state index contributed by atoms with van der Waals surface area (Å²) in [5.74, 6) is -0.106. The molecule has 3 rings (SSSR count). The van der Waals surface area contributed by atoms with Crippen LogP contribution in [0.25, 0.3) is 0 Å². The smallest absolute Gasteiger partial charge is 0.164 e. The molecule has 150 valence electrons. The van der Waals surface area contributed by atoms with Crippen LogP contribution in [0, 0.1) is 5.92 Å². The highest BCUT2D eigenvalue weighted by Crippen LogP contribution is 2.39. The molecule has 2 fully saturated rings. The molecule has 0 aromatic heterocycles. The molecule has 0 amide bonds. The summed E-state index contributed by atoms with van der Waals surface area (Å²) in [7, 11) is 0. The number of benzene rings is 1. The first-order chi connectivity index (χ1) is 12.9. The van der Waals surface area contributed by atoms with Crippen LogP contribution < -0.4 is 0 Å². The van der Waals surface area contributed by atoms with Crippen molar-refractivity contribution in [3.63, 3.8) is 0 Å². The molecule has 0 spiro atoms. The molecule has 0 saturated carbocycles. The molecule has 0 aliphatic carbocycles. The Morgan fingerprint density at radius 2 is 2.00 bits per heavy atom. The second-order valence-electron chi connectivity index (χ2n) is 7.95. The lowest BCUT2D eigenvalue weighted by Gasteiger charge is -2.41. The van der Waals surface area contributed by atoms with Crippen LogP contribution >= 0.6 is 22.6 Å². The van der Waals surface area contributed by atoms with Crippen LogP contribution in [0.4, 0.5) is 0 Å². The van der Waals surface area contributed by atoms with Gasteiger partial charge in [-0.25, -0.2) is 0 Å². The molecular weight excluding hydrogens is 455 g/mol. The Morgan fingerprint density at radius 3 is 2.70 bits per heavy atom. The maximum atomic E-state index is 6.49. The van der Waals surface area contributed by atoms with Crippen LogP contribution in [0.5, 0.6) is 0 Å². The first-order valence-electron chi connectivity index (χ1n) is 9.79. The summed E-state index contributed by atoms with van der Waals surface area (Å²) in [6, 6.07) is 10.3. The highest BCUT2D eigenvalue weighted by Gasteiger charge is 2.47. The fraction of sp³-hybridized carbons (Fsp3) is 0.636. The molecule has 2 aliphatic rings. The molecule has 1 aromatic rings. The summed E-state index contributed by atoms with van der Waals surface area (Å²) in [4.78, 5) is 0. The predicted octanol–water partition coefficient (Wildman–Crippen LogP) is 4.90. The quantitative estimate of drug-likeness (QED) is 0.238. The SMILES string of the molecule is C=C[C@@H]1OC(C)(C)O[C@@H]1[C@H]1C[C@@H](I)[C@@H](C)[C@@H](CCOCc2ccccc2)O1. The largest absolute Gasteiger partial charge is 0.377 e. The molecule has 6 atom stereocenters. The Kier molecular flexibility index (Phi) is 7.36. The number of rotatable bonds is 7. The Labute approximate surface area is 176 Å². The predicted molar refractivity (Wildman–Crippen MR) is 115 cm³/mol. The fourth-order valence-corrected chi connectivity index (χ4v) is 4.83. The van der Waals surface area contributed by atoms with E-state index in [2.05, 4.69) is 48.2 Å². The van der Waals surface area contributed by atoms with E-state index in [4.69, 9.17) is 18.9 Å². The van der Waals surface area contributed by atoms with E-state index in [0.717, 1.165) is 12.8 Å². The second-order valence-corrected chi connectivity index (χ2v) is 9.55. The fourth-order valence-electron chi connectivity index (χ4n) is 3.87. The minimum absolute atomic E-state index is 0.0204. The molecule has 5 heteroatoms. The lowest BCUT2D eigenvalue weighted by atomic mass is 9.89. The van der Waals surface area contributed by atoms with Gasteiger partial charge in [0, 0.05) is 10.5 Å². The van der Waals surface area contributed by atoms with Gasteiger partial charge in [-0.3, -0.25) is 0 Å². The van der Waals surface area contributed by atoms with Crippen LogP contribution in [-0.4, -0.2) is 40.7 Å². The normalized spacial score (nSPS) is 35.9. The third kappa shape index (κ3) is 5.54. The van der Waals surface area contributed by atoms with E-state index < -0.39 is 5.79 Å². The van der Waals surface area contributed by atoms with E-state index in [0.29, 0.717) is 23.1 Å². The second kappa shape index (κ2) is 9.35. The van der Waals surface area contributed by atoms with Crippen LogP contribution in [-0.2, 0) is 25.6 Å². The number of alkyl halides is 1. The van der Waals surface area contributed by atoms with Crippen molar-refractivity contribution in [2.24, 2.45) is 5.92 Å². The minimum Gasteiger partial charge on any atom is -0.377 e. The zero-order valence-electron chi connectivity index (χ0n) is 16.5. The summed E-state index contributed by atoms with van der Waals surface area (Å²) < 4.78 is 25.0. The standard InChI is InChI=1S/C22H31IO4/c1-5-18-21(27-22(3,4)26-18)20-13-17(23)15(2)19(25-20)11-12-24-14-16-9-7-6-8-10-16/h5-10,15,17-21H,1,11-14H2,2-4H3/t15-,17-,18+,19-,20-,21+/m1/s1. The van der Waals surface area contributed by atoms with E-state index in [1.165, 1.54) is 5.56 Å². The van der Waals surface area contributed by atoms with Crippen molar-refractivity contribution >= 4 is 22.6 Å². The summed E-state index contributed by atoms with van der Waals surface area (Å²) >= 11 is 2.55. The number of ether oxygens (including phenoxy) is 4. The van der Waals surface area contributed by atoms with Gasteiger partial charge in [0.1, 0.15) is 12.2 Å². The zero-order valence-corrected chi connectivity index (χ0v) is 18.6. The van der Waals surface area contributed by atoms with Gasteiger partial charge in [0.15, 0.2) is 5.79 Å². The first-order valence-corrected chi connectivity index (χ1v) is 11.0. The topological polar surface area (TPSA) is 36.9 Å². The van der Waals surface area contributed by atoms with Crippen molar-refractivity contribution in [3.8, 4) is 0 Å². The van der Waals surface area contributed by atoms with Gasteiger partial charge in [-0.05, 0) is 38.2 Å². The molecule has 0 N–H and O–H groups in total. The maximum Gasteiger partial charge on any atom is 0.164 e. The number of hydrogen-bond donors (Lipinski definition) is 0. The number of halogens is 1. The van der Waals surface area contributed by atoms with E-state index in [9.17, 15) is 0 Å². The molecule has 27 heavy (non-hydrogen) atoms. The van der Waals surface area contributed by atoms with Crippen LogP contribution in [0.15, 0.2) is 43.0 Å². The molecule has 2 aliphatic heterocycles. The van der Waals surface area contributed by atoms with Crippen molar-refractivity contribution in [2.45, 2.75) is 74.3 Å². The van der Waals surface area contributed by atoms with Gasteiger partial charge in [0.25, 0.3) is 0 Å². The van der Waals surface area contributed by atoms with Crippen molar-refractivity contribution in [1.82, 2.24) is 0 Å². The minimum atomic E-state index is -0.592. The zero-order chi connectivity index (χ0) is 19.4. The van der Waals surface area contributed by atoms with E-state index in [1.54, 1.807) is 0 Å². The number of hydrogen-bond acceptors (Lipinski definition) is 4. The van der Waals surface area contributed by atoms with Crippen molar-refractivity contribution in [1.29, 1.82) is 0 Å². The van der Waals surface area contributed by atoms with Gasteiger partial charge >= 0.3 is 0 Å². The molecule has 4 nitrogen and oxygen atoms in total. The summed E-state index contributed by atoms with van der Waals surface area (Å²) in [5, 5.41) is 0.